The molecular weight excluding hydrogens is 296 g/mol. The van der Waals surface area contributed by atoms with Gasteiger partial charge in [-0.15, -0.1) is 11.3 Å². The summed E-state index contributed by atoms with van der Waals surface area (Å²) in [6.07, 6.45) is 0. The first-order valence-electron chi connectivity index (χ1n) is 5.14. The number of halogens is 1. The van der Waals surface area contributed by atoms with Crippen molar-refractivity contribution >= 4 is 33.0 Å². The number of nitriles is 1. The van der Waals surface area contributed by atoms with E-state index in [9.17, 15) is 5.26 Å². The van der Waals surface area contributed by atoms with E-state index in [0.29, 0.717) is 5.56 Å². The molecule has 2 aromatic rings. The van der Waals surface area contributed by atoms with Gasteiger partial charge < -0.3 is 4.90 Å². The lowest BCUT2D eigenvalue weighted by Gasteiger charge is -2.20. The molecule has 0 radical (unpaired) electrons. The molecule has 0 bridgehead atoms. The zero-order valence-corrected chi connectivity index (χ0v) is 11.8. The summed E-state index contributed by atoms with van der Waals surface area (Å²) in [6, 6.07) is 12.2. The molecule has 0 atom stereocenters. The SMILES string of the molecule is CN(Cc1cccs1)c1cccc(Br)c1C#N. The van der Waals surface area contributed by atoms with Gasteiger partial charge in [-0.1, -0.05) is 12.1 Å². The molecule has 17 heavy (non-hydrogen) atoms. The second kappa shape index (κ2) is 5.35. The molecule has 0 spiro atoms. The highest BCUT2D eigenvalue weighted by Gasteiger charge is 2.10. The van der Waals surface area contributed by atoms with Gasteiger partial charge in [0.25, 0.3) is 0 Å². The van der Waals surface area contributed by atoms with Crippen molar-refractivity contribution < 1.29 is 0 Å². The molecule has 0 aliphatic rings. The molecule has 1 heterocycles. The molecule has 1 aromatic heterocycles. The molecule has 0 saturated carbocycles. The maximum Gasteiger partial charge on any atom is 0.103 e. The molecule has 0 aliphatic carbocycles. The maximum absolute atomic E-state index is 9.17. The lowest BCUT2D eigenvalue weighted by atomic mass is 10.2. The van der Waals surface area contributed by atoms with Crippen LogP contribution >= 0.6 is 27.3 Å². The van der Waals surface area contributed by atoms with E-state index in [2.05, 4.69) is 38.3 Å². The van der Waals surface area contributed by atoms with E-state index in [1.807, 2.05) is 31.3 Å². The predicted molar refractivity (Wildman–Crippen MR) is 75.3 cm³/mol. The second-order valence-corrected chi connectivity index (χ2v) is 5.57. The van der Waals surface area contributed by atoms with Gasteiger partial charge in [0.15, 0.2) is 0 Å². The van der Waals surface area contributed by atoms with Gasteiger partial charge in [0, 0.05) is 16.4 Å². The van der Waals surface area contributed by atoms with Crippen LogP contribution < -0.4 is 4.90 Å². The summed E-state index contributed by atoms with van der Waals surface area (Å²) >= 11 is 5.13. The van der Waals surface area contributed by atoms with Crippen LogP contribution in [0.2, 0.25) is 0 Å². The fraction of sp³-hybridized carbons (Fsp3) is 0.154. The highest BCUT2D eigenvalue weighted by Crippen LogP contribution is 2.27. The zero-order valence-electron chi connectivity index (χ0n) is 9.35. The molecule has 2 rings (SSSR count). The normalized spacial score (nSPS) is 9.94. The van der Waals surface area contributed by atoms with E-state index in [1.165, 1.54) is 4.88 Å². The molecule has 0 unspecified atom stereocenters. The van der Waals surface area contributed by atoms with Gasteiger partial charge in [0.2, 0.25) is 0 Å². The smallest absolute Gasteiger partial charge is 0.103 e. The van der Waals surface area contributed by atoms with Gasteiger partial charge in [0.05, 0.1) is 17.8 Å². The van der Waals surface area contributed by atoms with Gasteiger partial charge >= 0.3 is 0 Å². The topological polar surface area (TPSA) is 27.0 Å². The average molecular weight is 307 g/mol. The Morgan fingerprint density at radius 1 is 1.35 bits per heavy atom. The first kappa shape index (κ1) is 12.2. The number of anilines is 1. The van der Waals surface area contributed by atoms with E-state index in [0.717, 1.165) is 16.7 Å². The molecule has 1 aromatic carbocycles. The Balaban J connectivity index is 2.28. The molecule has 0 N–H and O–H groups in total. The van der Waals surface area contributed by atoms with E-state index in [-0.39, 0.29) is 0 Å². The van der Waals surface area contributed by atoms with Crippen LogP contribution in [0.5, 0.6) is 0 Å². The number of hydrogen-bond acceptors (Lipinski definition) is 3. The average Bonchev–Trinajstić information content (AvgIpc) is 2.81. The fourth-order valence-electron chi connectivity index (χ4n) is 1.66. The van der Waals surface area contributed by atoms with Crippen LogP contribution in [0.3, 0.4) is 0 Å². The van der Waals surface area contributed by atoms with Crippen LogP contribution in [0.15, 0.2) is 40.2 Å². The van der Waals surface area contributed by atoms with E-state index < -0.39 is 0 Å². The van der Waals surface area contributed by atoms with Crippen LogP contribution in [-0.4, -0.2) is 7.05 Å². The monoisotopic (exact) mass is 306 g/mol. The van der Waals surface area contributed by atoms with E-state index in [4.69, 9.17) is 0 Å². The van der Waals surface area contributed by atoms with Crippen LogP contribution in [-0.2, 0) is 6.54 Å². The van der Waals surface area contributed by atoms with Crippen molar-refractivity contribution in [2.45, 2.75) is 6.54 Å². The lowest BCUT2D eigenvalue weighted by molar-refractivity contribution is 0.937. The number of hydrogen-bond donors (Lipinski definition) is 0. The maximum atomic E-state index is 9.17. The van der Waals surface area contributed by atoms with Crippen LogP contribution in [0, 0.1) is 11.3 Å². The molecule has 0 saturated heterocycles. The van der Waals surface area contributed by atoms with Crippen molar-refractivity contribution in [1.29, 1.82) is 5.26 Å². The second-order valence-electron chi connectivity index (χ2n) is 3.68. The Kier molecular flexibility index (Phi) is 3.82. The van der Waals surface area contributed by atoms with Crippen molar-refractivity contribution in [3.8, 4) is 6.07 Å². The summed E-state index contributed by atoms with van der Waals surface area (Å²) < 4.78 is 0.843. The Morgan fingerprint density at radius 3 is 2.82 bits per heavy atom. The van der Waals surface area contributed by atoms with Crippen LogP contribution in [0.4, 0.5) is 5.69 Å². The minimum Gasteiger partial charge on any atom is -0.368 e. The van der Waals surface area contributed by atoms with Crippen molar-refractivity contribution in [3.63, 3.8) is 0 Å². The molecule has 0 amide bonds. The first-order valence-corrected chi connectivity index (χ1v) is 6.82. The molecule has 86 valence electrons. The molecule has 0 fully saturated rings. The predicted octanol–water partition coefficient (Wildman–Crippen LogP) is 4.02. The number of thiophene rings is 1. The van der Waals surface area contributed by atoms with Crippen molar-refractivity contribution in [1.82, 2.24) is 0 Å². The Hall–Kier alpha value is -1.31. The lowest BCUT2D eigenvalue weighted by Crippen LogP contribution is -2.16. The molecule has 2 nitrogen and oxygen atoms in total. The van der Waals surface area contributed by atoms with Crippen LogP contribution in [0.25, 0.3) is 0 Å². The van der Waals surface area contributed by atoms with Gasteiger partial charge in [-0.3, -0.25) is 0 Å². The summed E-state index contributed by atoms with van der Waals surface area (Å²) in [6.45, 7) is 0.822. The fourth-order valence-corrected chi connectivity index (χ4v) is 2.86. The zero-order chi connectivity index (χ0) is 12.3. The van der Waals surface area contributed by atoms with Gasteiger partial charge in [-0.2, -0.15) is 5.26 Å². The van der Waals surface area contributed by atoms with E-state index >= 15 is 0 Å². The standard InChI is InChI=1S/C13H11BrN2S/c1-16(9-10-4-3-7-17-10)13-6-2-5-12(14)11(13)8-15/h2-7H,9H2,1H3. The number of rotatable bonds is 3. The summed E-state index contributed by atoms with van der Waals surface area (Å²) in [5.41, 5.74) is 1.64. The Labute approximate surface area is 113 Å². The number of nitrogens with zero attached hydrogens (tertiary/aromatic N) is 2. The summed E-state index contributed by atoms with van der Waals surface area (Å²) in [5.74, 6) is 0. The highest BCUT2D eigenvalue weighted by molar-refractivity contribution is 9.10. The summed E-state index contributed by atoms with van der Waals surface area (Å²) in [5, 5.41) is 11.2. The molecule has 0 aliphatic heterocycles. The first-order chi connectivity index (χ1) is 8.22. The third-order valence-electron chi connectivity index (χ3n) is 2.49. The van der Waals surface area contributed by atoms with Crippen molar-refractivity contribution in [3.05, 3.63) is 50.6 Å². The van der Waals surface area contributed by atoms with Crippen molar-refractivity contribution in [2.75, 3.05) is 11.9 Å². The summed E-state index contributed by atoms with van der Waals surface area (Å²) in [4.78, 5) is 3.38. The summed E-state index contributed by atoms with van der Waals surface area (Å²) in [7, 11) is 2.00. The Morgan fingerprint density at radius 2 is 2.18 bits per heavy atom. The van der Waals surface area contributed by atoms with Crippen molar-refractivity contribution in [2.24, 2.45) is 0 Å². The molecule has 4 heteroatoms. The van der Waals surface area contributed by atoms with E-state index in [1.54, 1.807) is 11.3 Å². The van der Waals surface area contributed by atoms with Gasteiger partial charge in [-0.05, 0) is 39.5 Å². The minimum absolute atomic E-state index is 0.687. The third-order valence-corrected chi connectivity index (χ3v) is 4.01. The van der Waals surface area contributed by atoms with Gasteiger partial charge in [-0.25, -0.2) is 0 Å². The van der Waals surface area contributed by atoms with Gasteiger partial charge in [0.1, 0.15) is 6.07 Å². The largest absolute Gasteiger partial charge is 0.368 e. The quantitative estimate of drug-likeness (QED) is 0.856. The highest BCUT2D eigenvalue weighted by atomic mass is 79.9. The third kappa shape index (κ3) is 2.68. The van der Waals surface area contributed by atoms with Crippen LogP contribution in [0.1, 0.15) is 10.4 Å². The minimum atomic E-state index is 0.687. The Bertz CT molecular complexity index is 543. The number of benzene rings is 1. The molecular formula is C13H11BrN2S.